The molecule has 2 heterocycles. The summed E-state index contributed by atoms with van der Waals surface area (Å²) in [6.07, 6.45) is 0.768. The van der Waals surface area contributed by atoms with Crippen LogP contribution in [0.3, 0.4) is 0 Å². The van der Waals surface area contributed by atoms with Crippen molar-refractivity contribution in [2.75, 3.05) is 18.6 Å². The van der Waals surface area contributed by atoms with Crippen LogP contribution in [0.25, 0.3) is 0 Å². The molecule has 8 nitrogen and oxygen atoms in total. The molecule has 1 aromatic heterocycles. The van der Waals surface area contributed by atoms with Gasteiger partial charge in [0.15, 0.2) is 15.7 Å². The van der Waals surface area contributed by atoms with Crippen molar-refractivity contribution in [1.82, 2.24) is 14.4 Å². The monoisotopic (exact) mass is 351 g/mol. The zero-order valence-corrected chi connectivity index (χ0v) is 14.5. The first-order valence-electron chi connectivity index (χ1n) is 7.07. The molecule has 1 aliphatic heterocycles. The van der Waals surface area contributed by atoms with Crippen LogP contribution in [0.15, 0.2) is 4.52 Å². The van der Waals surface area contributed by atoms with E-state index in [0.717, 1.165) is 4.31 Å². The van der Waals surface area contributed by atoms with Crippen molar-refractivity contribution >= 4 is 19.9 Å². The highest BCUT2D eigenvalue weighted by molar-refractivity contribution is 7.95. The second kappa shape index (κ2) is 6.25. The minimum atomic E-state index is -3.69. The van der Waals surface area contributed by atoms with E-state index in [4.69, 9.17) is 4.52 Å². The van der Waals surface area contributed by atoms with Gasteiger partial charge in [0.05, 0.1) is 23.3 Å². The first-order chi connectivity index (χ1) is 10.1. The van der Waals surface area contributed by atoms with Crippen molar-refractivity contribution in [3.63, 3.8) is 0 Å². The third-order valence-electron chi connectivity index (χ3n) is 3.50. The van der Waals surface area contributed by atoms with Gasteiger partial charge >= 0.3 is 0 Å². The van der Waals surface area contributed by atoms with Gasteiger partial charge in [-0.15, -0.1) is 0 Å². The summed E-state index contributed by atoms with van der Waals surface area (Å²) >= 11 is 0. The number of hydrogen-bond acceptors (Lipinski definition) is 7. The maximum Gasteiger partial charge on any atom is 0.226 e. The van der Waals surface area contributed by atoms with E-state index in [1.165, 1.54) is 7.05 Å². The molecule has 0 aromatic carbocycles. The summed E-state index contributed by atoms with van der Waals surface area (Å²) in [5, 5.41) is 2.88. The Kier molecular flexibility index (Phi) is 4.93. The van der Waals surface area contributed by atoms with Crippen molar-refractivity contribution in [2.24, 2.45) is 5.92 Å². The Morgan fingerprint density at radius 2 is 2.09 bits per heavy atom. The van der Waals surface area contributed by atoms with Crippen LogP contribution in [0.4, 0.5) is 0 Å². The Labute approximate surface area is 130 Å². The first-order valence-corrected chi connectivity index (χ1v) is 10.4. The highest BCUT2D eigenvalue weighted by Gasteiger charge is 2.39. The van der Waals surface area contributed by atoms with E-state index in [-0.39, 0.29) is 30.3 Å². The van der Waals surface area contributed by atoms with Crippen molar-refractivity contribution < 1.29 is 21.4 Å². The summed E-state index contributed by atoms with van der Waals surface area (Å²) in [5.41, 5.74) is 0. The van der Waals surface area contributed by atoms with Crippen LogP contribution >= 0.6 is 0 Å². The smallest absolute Gasteiger partial charge is 0.226 e. The molecule has 126 valence electrons. The number of rotatable bonds is 6. The Morgan fingerprint density at radius 1 is 1.41 bits per heavy atom. The summed E-state index contributed by atoms with van der Waals surface area (Å²) in [5.74, 6) is 0.719. The molecule has 1 aromatic rings. The lowest BCUT2D eigenvalue weighted by molar-refractivity contribution is 0.353. The molecule has 1 atom stereocenters. The van der Waals surface area contributed by atoms with E-state index in [1.54, 1.807) is 0 Å². The average Bonchev–Trinajstić information content (AvgIpc) is 2.95. The van der Waals surface area contributed by atoms with Gasteiger partial charge in [-0.2, -0.15) is 9.29 Å². The molecule has 1 saturated heterocycles. The predicted octanol–water partition coefficient (Wildman–Crippen LogP) is 0.217. The van der Waals surface area contributed by atoms with E-state index in [0.29, 0.717) is 18.2 Å². The molecular weight excluding hydrogens is 330 g/mol. The summed E-state index contributed by atoms with van der Waals surface area (Å²) < 4.78 is 53.8. The standard InChI is InChI=1S/C12H21N3O5S2/c1-9(2)6-12-13-11(14-20-12)7-15(3)22(18,19)10-4-5-21(16,17)8-10/h9-10H,4-8H2,1-3H3. The molecule has 0 bridgehead atoms. The molecule has 0 spiro atoms. The van der Waals surface area contributed by atoms with Crippen LogP contribution in [0.1, 0.15) is 32.0 Å². The van der Waals surface area contributed by atoms with Crippen molar-refractivity contribution in [3.05, 3.63) is 11.7 Å². The number of nitrogens with zero attached hydrogens (tertiary/aromatic N) is 3. The average molecular weight is 351 g/mol. The van der Waals surface area contributed by atoms with Gasteiger partial charge in [-0.1, -0.05) is 19.0 Å². The van der Waals surface area contributed by atoms with Gasteiger partial charge < -0.3 is 4.52 Å². The van der Waals surface area contributed by atoms with Gasteiger partial charge in [0.25, 0.3) is 0 Å². The molecule has 1 fully saturated rings. The van der Waals surface area contributed by atoms with E-state index < -0.39 is 25.1 Å². The van der Waals surface area contributed by atoms with Gasteiger partial charge in [-0.3, -0.25) is 0 Å². The summed E-state index contributed by atoms with van der Waals surface area (Å²) in [6, 6.07) is 0. The molecule has 0 aliphatic carbocycles. The molecule has 0 saturated carbocycles. The van der Waals surface area contributed by atoms with Crippen LogP contribution in [0.2, 0.25) is 0 Å². The van der Waals surface area contributed by atoms with Crippen LogP contribution in [0.5, 0.6) is 0 Å². The number of aromatic nitrogens is 2. The van der Waals surface area contributed by atoms with Crippen LogP contribution in [-0.4, -0.2) is 55.1 Å². The summed E-state index contributed by atoms with van der Waals surface area (Å²) in [6.45, 7) is 4.00. The van der Waals surface area contributed by atoms with Crippen LogP contribution < -0.4 is 0 Å². The molecule has 0 N–H and O–H groups in total. The van der Waals surface area contributed by atoms with Gasteiger partial charge in [0.1, 0.15) is 0 Å². The van der Waals surface area contributed by atoms with Gasteiger partial charge in [0, 0.05) is 13.5 Å². The van der Waals surface area contributed by atoms with Gasteiger partial charge in [-0.05, 0) is 12.3 Å². The zero-order chi connectivity index (χ0) is 16.5. The second-order valence-corrected chi connectivity index (χ2v) is 10.6. The molecule has 1 unspecified atom stereocenters. The van der Waals surface area contributed by atoms with E-state index in [2.05, 4.69) is 10.1 Å². The predicted molar refractivity (Wildman–Crippen MR) is 80.3 cm³/mol. The number of sulfone groups is 1. The summed E-state index contributed by atoms with van der Waals surface area (Å²) in [4.78, 5) is 4.16. The van der Waals surface area contributed by atoms with E-state index >= 15 is 0 Å². The van der Waals surface area contributed by atoms with E-state index in [9.17, 15) is 16.8 Å². The Morgan fingerprint density at radius 3 is 2.64 bits per heavy atom. The van der Waals surface area contributed by atoms with Crippen molar-refractivity contribution in [2.45, 2.75) is 38.5 Å². The molecule has 0 amide bonds. The van der Waals surface area contributed by atoms with Crippen LogP contribution in [-0.2, 0) is 32.8 Å². The van der Waals surface area contributed by atoms with Crippen LogP contribution in [0, 0.1) is 5.92 Å². The Balaban J connectivity index is 2.05. The topological polar surface area (TPSA) is 110 Å². The van der Waals surface area contributed by atoms with Crippen molar-refractivity contribution in [3.8, 4) is 0 Å². The lowest BCUT2D eigenvalue weighted by Gasteiger charge is -2.19. The molecule has 22 heavy (non-hydrogen) atoms. The highest BCUT2D eigenvalue weighted by Crippen LogP contribution is 2.22. The molecule has 10 heteroatoms. The largest absolute Gasteiger partial charge is 0.339 e. The fourth-order valence-electron chi connectivity index (χ4n) is 2.33. The zero-order valence-electron chi connectivity index (χ0n) is 12.9. The third-order valence-corrected chi connectivity index (χ3v) is 7.73. The van der Waals surface area contributed by atoms with E-state index in [1.807, 2.05) is 13.8 Å². The molecule has 0 radical (unpaired) electrons. The SMILES string of the molecule is CC(C)Cc1nc(CN(C)S(=O)(=O)C2CCS(=O)(=O)C2)no1. The molecule has 1 aliphatic rings. The molecule has 2 rings (SSSR count). The van der Waals surface area contributed by atoms with Crippen molar-refractivity contribution in [1.29, 1.82) is 0 Å². The normalized spacial score (nSPS) is 21.8. The second-order valence-electron chi connectivity index (χ2n) is 6.03. The number of hydrogen-bond donors (Lipinski definition) is 0. The minimum Gasteiger partial charge on any atom is -0.339 e. The third kappa shape index (κ3) is 4.05. The fraction of sp³-hybridized carbons (Fsp3) is 0.833. The lowest BCUT2D eigenvalue weighted by atomic mass is 10.1. The first kappa shape index (κ1) is 17.4. The Hall–Kier alpha value is -1.00. The maximum absolute atomic E-state index is 12.4. The minimum absolute atomic E-state index is 0.0273. The maximum atomic E-state index is 12.4. The highest BCUT2D eigenvalue weighted by atomic mass is 32.2. The molecular formula is C12H21N3O5S2. The summed E-state index contributed by atoms with van der Waals surface area (Å²) in [7, 11) is -5.54. The Bertz CT molecular complexity index is 724. The lowest BCUT2D eigenvalue weighted by Crippen LogP contribution is -2.36. The van der Waals surface area contributed by atoms with Gasteiger partial charge in [0.2, 0.25) is 15.9 Å². The quantitative estimate of drug-likeness (QED) is 0.720. The fourth-order valence-corrected chi connectivity index (χ4v) is 6.55. The number of sulfonamides is 1. The van der Waals surface area contributed by atoms with Gasteiger partial charge in [-0.25, -0.2) is 16.8 Å².